The molecular weight excluding hydrogens is 775 g/mol. The van der Waals surface area contributed by atoms with Crippen LogP contribution in [0.15, 0.2) is 260 Å². The smallest absolute Gasteiger partial charge is 0.0644 e. The lowest BCUT2D eigenvalue weighted by atomic mass is 9.96. The van der Waals surface area contributed by atoms with E-state index in [1.165, 1.54) is 44.5 Å². The number of allylic oxidation sites excluding steroid dienone is 14. The molecule has 0 spiro atoms. The molecule has 0 saturated carbocycles. The van der Waals surface area contributed by atoms with Gasteiger partial charge < -0.3 is 9.80 Å². The number of benzene rings is 6. The van der Waals surface area contributed by atoms with Gasteiger partial charge in [-0.15, -0.1) is 0 Å². The van der Waals surface area contributed by atoms with E-state index in [-0.39, 0.29) is 0 Å². The van der Waals surface area contributed by atoms with Crippen LogP contribution in [0.25, 0.3) is 39.0 Å². The predicted octanol–water partition coefficient (Wildman–Crippen LogP) is 16.5. The number of hydrogen-bond donors (Lipinski definition) is 0. The van der Waals surface area contributed by atoms with Gasteiger partial charge in [-0.25, -0.2) is 0 Å². The van der Waals surface area contributed by atoms with Gasteiger partial charge >= 0.3 is 0 Å². The highest BCUT2D eigenvalue weighted by molar-refractivity contribution is 5.87. The number of anilines is 4. The summed E-state index contributed by atoms with van der Waals surface area (Å²) in [4.78, 5) is 9.25. The van der Waals surface area contributed by atoms with Crippen LogP contribution in [0.3, 0.4) is 0 Å². The Morgan fingerprint density at radius 1 is 0.516 bits per heavy atom. The molecule has 0 N–H and O–H groups in total. The van der Waals surface area contributed by atoms with Crippen LogP contribution in [0, 0.1) is 0 Å². The predicted molar refractivity (Wildman–Crippen MR) is 273 cm³/mol. The van der Waals surface area contributed by atoms with Gasteiger partial charge in [0.15, 0.2) is 0 Å². The van der Waals surface area contributed by atoms with Crippen molar-refractivity contribution in [3.05, 3.63) is 277 Å². The summed E-state index contributed by atoms with van der Waals surface area (Å²) in [6.45, 7) is 4.19. The molecule has 0 bridgehead atoms. The van der Waals surface area contributed by atoms with Crippen LogP contribution >= 0.6 is 0 Å². The van der Waals surface area contributed by atoms with Gasteiger partial charge in [0.05, 0.1) is 11.9 Å². The summed E-state index contributed by atoms with van der Waals surface area (Å²) in [5.41, 5.74) is 18.3. The topological polar surface area (TPSA) is 19.4 Å². The summed E-state index contributed by atoms with van der Waals surface area (Å²) in [6.07, 6.45) is 29.9. The third kappa shape index (κ3) is 9.40. The van der Waals surface area contributed by atoms with Crippen LogP contribution in [0.5, 0.6) is 0 Å². The lowest BCUT2D eigenvalue weighted by Crippen LogP contribution is -2.16. The molecular formula is C61H51N3. The fraction of sp³-hybridized carbons (Fsp3) is 0.0656. The summed E-state index contributed by atoms with van der Waals surface area (Å²) in [5.74, 6) is 0. The minimum Gasteiger partial charge on any atom is -0.311 e. The van der Waals surface area contributed by atoms with Crippen molar-refractivity contribution in [3.63, 3.8) is 0 Å². The number of hydrogen-bond acceptors (Lipinski definition) is 3. The molecule has 64 heavy (non-hydrogen) atoms. The Bertz CT molecular complexity index is 2950. The molecule has 0 fully saturated rings. The second-order valence-corrected chi connectivity index (χ2v) is 15.8. The summed E-state index contributed by atoms with van der Waals surface area (Å²) < 4.78 is 0. The van der Waals surface area contributed by atoms with E-state index in [2.05, 4.69) is 259 Å². The zero-order valence-electron chi connectivity index (χ0n) is 36.4. The number of nitrogens with zero attached hydrogens (tertiary/aromatic N) is 3. The molecule has 1 aromatic heterocycles. The third-order valence-corrected chi connectivity index (χ3v) is 11.7. The minimum absolute atomic E-state index is 0.818. The van der Waals surface area contributed by atoms with Gasteiger partial charge in [0, 0.05) is 34.7 Å². The first-order valence-corrected chi connectivity index (χ1v) is 22.1. The van der Waals surface area contributed by atoms with Crippen LogP contribution in [-0.4, -0.2) is 4.98 Å². The molecule has 0 saturated heterocycles. The van der Waals surface area contributed by atoms with E-state index >= 15 is 0 Å². The zero-order chi connectivity index (χ0) is 43.5. The molecule has 0 unspecified atom stereocenters. The largest absolute Gasteiger partial charge is 0.311 e. The maximum atomic E-state index is 4.57. The molecule has 7 aromatic rings. The number of pyridine rings is 1. The quantitative estimate of drug-likeness (QED) is 0.114. The molecule has 6 aromatic carbocycles. The Balaban J connectivity index is 1.09. The Morgan fingerprint density at radius 3 is 1.81 bits per heavy atom. The summed E-state index contributed by atoms with van der Waals surface area (Å²) in [6, 6.07) is 61.0. The SMILES string of the molecule is C/C=C\C(=C/C)N(c1ccc(-c2ccc(N(C3=CC(c4ccccc4)=CCC(c4ccccc4)=C3)c3cccnc3)cc2)cc1)c1cc(C2=CCC=CC=C2)cc(-c2ccccc2)c1. The molecule has 3 heteroatoms. The summed E-state index contributed by atoms with van der Waals surface area (Å²) in [7, 11) is 0. The highest BCUT2D eigenvalue weighted by Gasteiger charge is 2.20. The third-order valence-electron chi connectivity index (χ3n) is 11.7. The average molecular weight is 826 g/mol. The van der Waals surface area contributed by atoms with Crippen molar-refractivity contribution >= 4 is 39.5 Å². The Hall–Kier alpha value is -8.01. The van der Waals surface area contributed by atoms with Gasteiger partial charge in [-0.05, 0) is 155 Å². The van der Waals surface area contributed by atoms with E-state index in [9.17, 15) is 0 Å². The van der Waals surface area contributed by atoms with Crippen molar-refractivity contribution in [2.75, 3.05) is 9.80 Å². The van der Waals surface area contributed by atoms with Gasteiger partial charge in [0.1, 0.15) is 0 Å². The van der Waals surface area contributed by atoms with Crippen molar-refractivity contribution in [2.45, 2.75) is 26.7 Å². The molecule has 0 amide bonds. The monoisotopic (exact) mass is 825 g/mol. The average Bonchev–Trinajstić information content (AvgIpc) is 3.78. The first-order chi connectivity index (χ1) is 31.6. The lowest BCUT2D eigenvalue weighted by Gasteiger charge is -2.28. The number of aromatic nitrogens is 1. The van der Waals surface area contributed by atoms with E-state index in [1.54, 1.807) is 0 Å². The van der Waals surface area contributed by atoms with Gasteiger partial charge in [0.2, 0.25) is 0 Å². The molecule has 2 aliphatic rings. The highest BCUT2D eigenvalue weighted by atomic mass is 15.2. The van der Waals surface area contributed by atoms with Crippen molar-refractivity contribution in [2.24, 2.45) is 0 Å². The maximum absolute atomic E-state index is 4.57. The molecule has 1 heterocycles. The minimum atomic E-state index is 0.818. The van der Waals surface area contributed by atoms with Crippen LogP contribution in [0.1, 0.15) is 43.4 Å². The van der Waals surface area contributed by atoms with Crippen molar-refractivity contribution in [1.29, 1.82) is 0 Å². The summed E-state index contributed by atoms with van der Waals surface area (Å²) in [5, 5.41) is 0. The van der Waals surface area contributed by atoms with Gasteiger partial charge in [-0.3, -0.25) is 4.98 Å². The molecule has 0 radical (unpaired) electrons. The second kappa shape index (κ2) is 19.8. The Kier molecular flexibility index (Phi) is 12.8. The molecule has 3 nitrogen and oxygen atoms in total. The van der Waals surface area contributed by atoms with Crippen molar-refractivity contribution in [1.82, 2.24) is 4.98 Å². The standard InChI is InChI=1S/C61H51N3/c1-3-19-56(4-2)63(61-43-54(48-24-10-5-6-11-25-48)40-55(44-61)49-26-16-9-17-27-49)57-35-31-50(32-36-57)51-33-37-58(38-34-51)64(59-28-18-39-62-45-59)60-41-52(46-20-12-7-13-21-46)29-30-53(42-60)47-22-14-8-15-23-47/h3-10,12-29,31-45H,11,30H2,1-2H3/b19-3-,56-4+. The van der Waals surface area contributed by atoms with Crippen LogP contribution < -0.4 is 9.80 Å². The first kappa shape index (κ1) is 41.3. The van der Waals surface area contributed by atoms with Crippen LogP contribution in [0.4, 0.5) is 22.7 Å². The Morgan fingerprint density at radius 2 is 1.16 bits per heavy atom. The second-order valence-electron chi connectivity index (χ2n) is 15.8. The van der Waals surface area contributed by atoms with Crippen molar-refractivity contribution < 1.29 is 0 Å². The number of rotatable bonds is 12. The van der Waals surface area contributed by atoms with Crippen molar-refractivity contribution in [3.8, 4) is 22.3 Å². The molecule has 0 atom stereocenters. The lowest BCUT2D eigenvalue weighted by molar-refractivity contribution is 1.18. The molecule has 0 aliphatic heterocycles. The van der Waals surface area contributed by atoms with Gasteiger partial charge in [-0.2, -0.15) is 0 Å². The van der Waals surface area contributed by atoms with E-state index in [0.29, 0.717) is 0 Å². The molecule has 2 aliphatic carbocycles. The summed E-state index contributed by atoms with van der Waals surface area (Å²) >= 11 is 0. The highest BCUT2D eigenvalue weighted by Crippen LogP contribution is 2.40. The van der Waals surface area contributed by atoms with E-state index < -0.39 is 0 Å². The van der Waals surface area contributed by atoms with E-state index in [1.807, 2.05) is 18.5 Å². The molecule has 310 valence electrons. The van der Waals surface area contributed by atoms with E-state index in [4.69, 9.17) is 0 Å². The van der Waals surface area contributed by atoms with Crippen LogP contribution in [-0.2, 0) is 0 Å². The molecule has 9 rings (SSSR count). The maximum Gasteiger partial charge on any atom is 0.0644 e. The van der Waals surface area contributed by atoms with Crippen LogP contribution in [0.2, 0.25) is 0 Å². The normalized spacial score (nSPS) is 13.9. The Labute approximate surface area is 378 Å². The fourth-order valence-electron chi connectivity index (χ4n) is 8.49. The van der Waals surface area contributed by atoms with E-state index in [0.717, 1.165) is 58.1 Å². The van der Waals surface area contributed by atoms with Gasteiger partial charge in [0.25, 0.3) is 0 Å². The first-order valence-electron chi connectivity index (χ1n) is 22.1. The zero-order valence-corrected chi connectivity index (χ0v) is 36.4. The fourth-order valence-corrected chi connectivity index (χ4v) is 8.49. The van der Waals surface area contributed by atoms with Gasteiger partial charge in [-0.1, -0.05) is 164 Å².